The van der Waals surface area contributed by atoms with Gasteiger partial charge in [0.05, 0.1) is 9.37 Å². The monoisotopic (exact) mass is 532 g/mol. The number of aromatic nitrogens is 4. The summed E-state index contributed by atoms with van der Waals surface area (Å²) < 4.78 is 66.6. The molecule has 170 valence electrons. The summed E-state index contributed by atoms with van der Waals surface area (Å²) in [6, 6.07) is 6.72. The van der Waals surface area contributed by atoms with E-state index in [9.17, 15) is 26.4 Å². The van der Waals surface area contributed by atoms with E-state index >= 15 is 0 Å². The van der Waals surface area contributed by atoms with Gasteiger partial charge in [0, 0.05) is 24.1 Å². The van der Waals surface area contributed by atoms with Crippen LogP contribution in [0.15, 0.2) is 39.7 Å². The number of nitrogens with zero attached hydrogens (tertiary/aromatic N) is 4. The van der Waals surface area contributed by atoms with Crippen molar-refractivity contribution in [2.75, 3.05) is 10.0 Å². The molecule has 0 fully saturated rings. The molecular weight excluding hydrogens is 517 g/mol. The molecule has 0 saturated carbocycles. The second-order valence-electron chi connectivity index (χ2n) is 6.69. The smallest absolute Gasteiger partial charge is 0.321 e. The van der Waals surface area contributed by atoms with Crippen molar-refractivity contribution in [2.24, 2.45) is 7.05 Å². The first-order valence-electron chi connectivity index (χ1n) is 8.84. The molecular formula is C18H16BrF3N6O3S. The van der Waals surface area contributed by atoms with E-state index in [2.05, 4.69) is 41.0 Å². The van der Waals surface area contributed by atoms with Gasteiger partial charge in [-0.15, -0.1) is 0 Å². The SMILES string of the molecule is Cc1cc(C)nc(NS(=O)(=O)c2ccc(NC(=O)c3c(Br)c(C(F)(F)F)nn3C)cc2)n1. The molecule has 1 aromatic carbocycles. The van der Waals surface area contributed by atoms with E-state index in [0.29, 0.717) is 11.4 Å². The number of aryl methyl sites for hydroxylation is 3. The zero-order valence-corrected chi connectivity index (χ0v) is 19.2. The Kier molecular flexibility index (Phi) is 6.29. The second-order valence-corrected chi connectivity index (χ2v) is 9.17. The fraction of sp³-hybridized carbons (Fsp3) is 0.222. The van der Waals surface area contributed by atoms with Crippen molar-refractivity contribution in [2.45, 2.75) is 24.9 Å². The van der Waals surface area contributed by atoms with Gasteiger partial charge in [-0.3, -0.25) is 9.48 Å². The molecule has 0 spiro atoms. The number of anilines is 2. The number of carbonyl (C=O) groups is 1. The Morgan fingerprint density at radius 3 is 2.16 bits per heavy atom. The number of halogens is 4. The van der Waals surface area contributed by atoms with Crippen LogP contribution in [0.25, 0.3) is 0 Å². The minimum absolute atomic E-state index is 0.0820. The Morgan fingerprint density at radius 2 is 1.66 bits per heavy atom. The maximum Gasteiger partial charge on any atom is 0.436 e. The number of benzene rings is 1. The quantitative estimate of drug-likeness (QED) is 0.517. The number of hydrogen-bond donors (Lipinski definition) is 2. The number of carbonyl (C=O) groups excluding carboxylic acids is 1. The maximum atomic E-state index is 13.0. The molecule has 3 rings (SSSR count). The van der Waals surface area contributed by atoms with Gasteiger partial charge in [-0.25, -0.2) is 23.1 Å². The Bertz CT molecular complexity index is 1270. The molecule has 2 N–H and O–H groups in total. The highest BCUT2D eigenvalue weighted by molar-refractivity contribution is 9.10. The molecule has 1 amide bonds. The topological polar surface area (TPSA) is 119 Å². The van der Waals surface area contributed by atoms with Gasteiger partial charge in [-0.2, -0.15) is 18.3 Å². The fourth-order valence-corrected chi connectivity index (χ4v) is 4.47. The molecule has 2 aromatic heterocycles. The zero-order chi connectivity index (χ0) is 23.8. The first kappa shape index (κ1) is 23.7. The molecule has 2 heterocycles. The summed E-state index contributed by atoms with van der Waals surface area (Å²) in [4.78, 5) is 20.4. The molecule has 0 radical (unpaired) electrons. The number of hydrogen-bond acceptors (Lipinski definition) is 6. The van der Waals surface area contributed by atoms with Gasteiger partial charge in [0.2, 0.25) is 5.95 Å². The van der Waals surface area contributed by atoms with Crippen molar-refractivity contribution in [1.29, 1.82) is 0 Å². The van der Waals surface area contributed by atoms with E-state index in [0.717, 1.165) is 4.68 Å². The molecule has 0 saturated heterocycles. The van der Waals surface area contributed by atoms with Crippen LogP contribution in [0.2, 0.25) is 0 Å². The largest absolute Gasteiger partial charge is 0.436 e. The summed E-state index contributed by atoms with van der Waals surface area (Å²) in [5, 5.41) is 5.74. The van der Waals surface area contributed by atoms with Crippen molar-refractivity contribution in [3.05, 3.63) is 57.6 Å². The number of nitrogens with one attached hydrogen (secondary N) is 2. The van der Waals surface area contributed by atoms with Gasteiger partial charge in [0.15, 0.2) is 5.69 Å². The molecule has 0 aliphatic heterocycles. The summed E-state index contributed by atoms with van der Waals surface area (Å²) in [5.41, 5.74) is -0.237. The Hall–Kier alpha value is -3.00. The van der Waals surface area contributed by atoms with Crippen LogP contribution in [-0.2, 0) is 23.2 Å². The van der Waals surface area contributed by atoms with Crippen LogP contribution in [0, 0.1) is 13.8 Å². The first-order valence-corrected chi connectivity index (χ1v) is 11.1. The van der Waals surface area contributed by atoms with E-state index in [-0.39, 0.29) is 22.2 Å². The summed E-state index contributed by atoms with van der Waals surface area (Å²) in [7, 11) is -2.81. The lowest BCUT2D eigenvalue weighted by atomic mass is 10.3. The minimum atomic E-state index is -4.74. The van der Waals surface area contributed by atoms with Crippen LogP contribution in [0.5, 0.6) is 0 Å². The van der Waals surface area contributed by atoms with Crippen LogP contribution >= 0.6 is 15.9 Å². The van der Waals surface area contributed by atoms with Crippen molar-refractivity contribution in [3.8, 4) is 0 Å². The van der Waals surface area contributed by atoms with Crippen molar-refractivity contribution >= 4 is 43.5 Å². The van der Waals surface area contributed by atoms with Gasteiger partial charge in [0.1, 0.15) is 5.69 Å². The lowest BCUT2D eigenvalue weighted by Gasteiger charge is -2.10. The number of sulfonamides is 1. The molecule has 3 aromatic rings. The summed E-state index contributed by atoms with van der Waals surface area (Å²) in [5.74, 6) is -0.943. The number of rotatable bonds is 5. The number of amides is 1. The van der Waals surface area contributed by atoms with Gasteiger partial charge >= 0.3 is 6.18 Å². The van der Waals surface area contributed by atoms with E-state index in [1.54, 1.807) is 19.9 Å². The first-order chi connectivity index (χ1) is 14.8. The standard InChI is InChI=1S/C18H16BrF3N6O3S/c1-9-8-10(2)24-17(23-9)27-32(30,31)12-6-4-11(5-7-12)25-16(29)14-13(19)15(18(20,21)22)26-28(14)3/h4-8H,1-3H3,(H,25,29)(H,23,24,27). The summed E-state index contributed by atoms with van der Waals surface area (Å²) in [6.07, 6.45) is -4.74. The van der Waals surface area contributed by atoms with Crippen LogP contribution in [0.1, 0.15) is 27.6 Å². The van der Waals surface area contributed by atoms with Crippen molar-refractivity contribution in [3.63, 3.8) is 0 Å². The summed E-state index contributed by atoms with van der Waals surface area (Å²) in [6.45, 7) is 3.39. The predicted octanol–water partition coefficient (Wildman–Crippen LogP) is 3.66. The van der Waals surface area contributed by atoms with Gasteiger partial charge in [-0.05, 0) is 60.1 Å². The third kappa shape index (κ3) is 5.07. The normalized spacial score (nSPS) is 12.0. The molecule has 9 nitrogen and oxygen atoms in total. The lowest BCUT2D eigenvalue weighted by Crippen LogP contribution is -2.17. The van der Waals surface area contributed by atoms with Crippen LogP contribution in [0.4, 0.5) is 24.8 Å². The molecule has 0 unspecified atom stereocenters. The predicted molar refractivity (Wildman–Crippen MR) is 113 cm³/mol. The molecule has 0 aliphatic rings. The molecule has 32 heavy (non-hydrogen) atoms. The van der Waals surface area contributed by atoms with E-state index in [1.165, 1.54) is 31.3 Å². The molecule has 0 bridgehead atoms. The second kappa shape index (κ2) is 8.50. The maximum absolute atomic E-state index is 13.0. The van der Waals surface area contributed by atoms with Gasteiger partial charge in [0.25, 0.3) is 15.9 Å². The van der Waals surface area contributed by atoms with Crippen LogP contribution in [0.3, 0.4) is 0 Å². The van der Waals surface area contributed by atoms with Crippen molar-refractivity contribution < 1.29 is 26.4 Å². The van der Waals surface area contributed by atoms with E-state index < -0.39 is 32.3 Å². The summed E-state index contributed by atoms with van der Waals surface area (Å²) >= 11 is 2.77. The molecule has 14 heteroatoms. The Balaban J connectivity index is 1.79. The zero-order valence-electron chi connectivity index (χ0n) is 16.8. The minimum Gasteiger partial charge on any atom is -0.321 e. The third-order valence-corrected chi connectivity index (χ3v) is 6.20. The van der Waals surface area contributed by atoms with Crippen molar-refractivity contribution in [1.82, 2.24) is 19.7 Å². The highest BCUT2D eigenvalue weighted by atomic mass is 79.9. The number of alkyl halides is 3. The molecule has 0 atom stereocenters. The highest BCUT2D eigenvalue weighted by Gasteiger charge is 2.39. The Labute approximate surface area is 189 Å². The average molecular weight is 533 g/mol. The average Bonchev–Trinajstić information content (AvgIpc) is 2.95. The van der Waals surface area contributed by atoms with Gasteiger partial charge < -0.3 is 5.32 Å². The fourth-order valence-electron chi connectivity index (χ4n) is 2.78. The Morgan fingerprint density at radius 1 is 1.09 bits per heavy atom. The van der Waals surface area contributed by atoms with Crippen LogP contribution in [-0.4, -0.2) is 34.1 Å². The van der Waals surface area contributed by atoms with E-state index in [1.807, 2.05) is 0 Å². The highest BCUT2D eigenvalue weighted by Crippen LogP contribution is 2.35. The van der Waals surface area contributed by atoms with Gasteiger partial charge in [-0.1, -0.05) is 0 Å². The lowest BCUT2D eigenvalue weighted by molar-refractivity contribution is -0.142. The molecule has 0 aliphatic carbocycles. The van der Waals surface area contributed by atoms with Crippen LogP contribution < -0.4 is 10.0 Å². The van der Waals surface area contributed by atoms with E-state index in [4.69, 9.17) is 0 Å². The third-order valence-electron chi connectivity index (χ3n) is 4.10.